The first-order valence-corrected chi connectivity index (χ1v) is 5.99. The van der Waals surface area contributed by atoms with Crippen LogP contribution in [0.5, 0.6) is 5.75 Å². The molecule has 4 nitrogen and oxygen atoms in total. The van der Waals surface area contributed by atoms with Crippen molar-refractivity contribution in [1.82, 2.24) is 9.97 Å². The van der Waals surface area contributed by atoms with Crippen LogP contribution in [-0.4, -0.2) is 21.7 Å². The van der Waals surface area contributed by atoms with Gasteiger partial charge in [-0.1, -0.05) is 19.1 Å². The Balaban J connectivity index is 2.09. The molecule has 1 atom stereocenters. The third kappa shape index (κ3) is 3.05. The fraction of sp³-hybridized carbons (Fsp3) is 0.286. The average molecular weight is 244 g/mol. The van der Waals surface area contributed by atoms with Crippen LogP contribution in [0.4, 0.5) is 0 Å². The summed E-state index contributed by atoms with van der Waals surface area (Å²) in [4.78, 5) is 8.07. The maximum Gasteiger partial charge on any atom is 0.161 e. The number of rotatable bonds is 5. The van der Waals surface area contributed by atoms with Crippen molar-refractivity contribution in [1.29, 1.82) is 0 Å². The van der Waals surface area contributed by atoms with E-state index in [9.17, 15) is 5.11 Å². The van der Waals surface area contributed by atoms with Crippen LogP contribution >= 0.6 is 0 Å². The Morgan fingerprint density at radius 3 is 2.44 bits per heavy atom. The summed E-state index contributed by atoms with van der Waals surface area (Å²) in [6, 6.07) is 9.06. The first-order chi connectivity index (χ1) is 8.81. The predicted molar refractivity (Wildman–Crippen MR) is 68.3 cm³/mol. The Morgan fingerprint density at radius 2 is 1.83 bits per heavy atom. The highest BCUT2D eigenvalue weighted by molar-refractivity contribution is 5.30. The molecule has 4 heteroatoms. The molecule has 1 aromatic carbocycles. The predicted octanol–water partition coefficient (Wildman–Crippen LogP) is 2.35. The van der Waals surface area contributed by atoms with Gasteiger partial charge in [0.25, 0.3) is 0 Å². The lowest BCUT2D eigenvalue weighted by molar-refractivity contribution is 0.209. The molecule has 1 N–H and O–H groups in total. The van der Waals surface area contributed by atoms with E-state index in [4.69, 9.17) is 4.74 Å². The van der Waals surface area contributed by atoms with Crippen molar-refractivity contribution in [3.05, 3.63) is 54.1 Å². The quantitative estimate of drug-likeness (QED) is 0.877. The van der Waals surface area contributed by atoms with Crippen molar-refractivity contribution in [3.63, 3.8) is 0 Å². The van der Waals surface area contributed by atoms with Gasteiger partial charge in [-0.25, -0.2) is 9.97 Å². The Morgan fingerprint density at radius 1 is 1.17 bits per heavy atom. The normalized spacial score (nSPS) is 12.1. The van der Waals surface area contributed by atoms with E-state index in [1.54, 1.807) is 18.5 Å². The minimum absolute atomic E-state index is 0.403. The molecule has 2 rings (SSSR count). The number of hydrogen-bond acceptors (Lipinski definition) is 4. The van der Waals surface area contributed by atoms with Gasteiger partial charge in [0.05, 0.1) is 6.61 Å². The number of hydrogen-bond donors (Lipinski definition) is 1. The molecule has 0 spiro atoms. The number of nitrogens with zero attached hydrogens (tertiary/aromatic N) is 2. The van der Waals surface area contributed by atoms with Gasteiger partial charge in [0.2, 0.25) is 0 Å². The zero-order valence-corrected chi connectivity index (χ0v) is 10.3. The highest BCUT2D eigenvalue weighted by Gasteiger charge is 2.12. The van der Waals surface area contributed by atoms with Gasteiger partial charge in [-0.15, -0.1) is 0 Å². The molecule has 1 unspecified atom stereocenters. The van der Waals surface area contributed by atoms with Crippen molar-refractivity contribution >= 4 is 0 Å². The Hall–Kier alpha value is -1.94. The fourth-order valence-corrected chi connectivity index (χ4v) is 1.57. The molecule has 2 aromatic rings. The highest BCUT2D eigenvalue weighted by Crippen LogP contribution is 2.21. The van der Waals surface area contributed by atoms with E-state index in [2.05, 4.69) is 16.9 Å². The van der Waals surface area contributed by atoms with Crippen molar-refractivity contribution in [2.45, 2.75) is 19.4 Å². The van der Waals surface area contributed by atoms with Gasteiger partial charge in [0.15, 0.2) is 5.82 Å². The molecule has 0 aliphatic carbocycles. The molecule has 0 amide bonds. The van der Waals surface area contributed by atoms with E-state index in [1.165, 1.54) is 0 Å². The van der Waals surface area contributed by atoms with Crippen molar-refractivity contribution in [2.24, 2.45) is 0 Å². The highest BCUT2D eigenvalue weighted by atomic mass is 16.5. The lowest BCUT2D eigenvalue weighted by Crippen LogP contribution is -2.04. The summed E-state index contributed by atoms with van der Waals surface area (Å²) in [6.45, 7) is 2.76. The molecule has 1 heterocycles. The van der Waals surface area contributed by atoms with E-state index in [-0.39, 0.29) is 0 Å². The van der Waals surface area contributed by atoms with Crippen LogP contribution in [0.2, 0.25) is 0 Å². The minimum atomic E-state index is -0.800. The van der Waals surface area contributed by atoms with Crippen LogP contribution < -0.4 is 4.74 Å². The summed E-state index contributed by atoms with van der Waals surface area (Å²) >= 11 is 0. The first kappa shape index (κ1) is 12.5. The third-order valence-electron chi connectivity index (χ3n) is 2.50. The largest absolute Gasteiger partial charge is 0.494 e. The maximum absolute atomic E-state index is 10.1. The van der Waals surface area contributed by atoms with Crippen LogP contribution in [0.25, 0.3) is 0 Å². The second-order valence-electron chi connectivity index (χ2n) is 3.93. The van der Waals surface area contributed by atoms with Crippen molar-refractivity contribution in [3.8, 4) is 5.75 Å². The Bertz CT molecular complexity index is 471. The van der Waals surface area contributed by atoms with Crippen LogP contribution in [0.1, 0.15) is 30.8 Å². The summed E-state index contributed by atoms with van der Waals surface area (Å²) < 4.78 is 5.48. The maximum atomic E-state index is 10.1. The zero-order chi connectivity index (χ0) is 12.8. The summed E-state index contributed by atoms with van der Waals surface area (Å²) in [5.74, 6) is 1.21. The van der Waals surface area contributed by atoms with E-state index >= 15 is 0 Å². The van der Waals surface area contributed by atoms with E-state index in [0.29, 0.717) is 12.4 Å². The number of ether oxygens (including phenoxy) is 1. The molecular formula is C14H16N2O2. The Kier molecular flexibility index (Phi) is 4.25. The van der Waals surface area contributed by atoms with Gasteiger partial charge in [0, 0.05) is 12.4 Å². The minimum Gasteiger partial charge on any atom is -0.494 e. The SMILES string of the molecule is CCCOc1ccc(C(O)c2ncccn2)cc1. The molecule has 18 heavy (non-hydrogen) atoms. The number of aromatic nitrogens is 2. The molecule has 0 aliphatic heterocycles. The molecule has 0 bridgehead atoms. The number of aliphatic hydroxyl groups is 1. The van der Waals surface area contributed by atoms with Gasteiger partial charge in [0.1, 0.15) is 11.9 Å². The van der Waals surface area contributed by atoms with Crippen LogP contribution in [0.15, 0.2) is 42.7 Å². The number of benzene rings is 1. The Labute approximate surface area is 106 Å². The monoisotopic (exact) mass is 244 g/mol. The molecule has 0 fully saturated rings. The lowest BCUT2D eigenvalue weighted by atomic mass is 10.1. The summed E-state index contributed by atoms with van der Waals surface area (Å²) in [6.07, 6.45) is 3.41. The summed E-state index contributed by atoms with van der Waals surface area (Å²) in [7, 11) is 0. The van der Waals surface area contributed by atoms with E-state index < -0.39 is 6.10 Å². The fourth-order valence-electron chi connectivity index (χ4n) is 1.57. The zero-order valence-electron chi connectivity index (χ0n) is 10.3. The molecule has 0 radical (unpaired) electrons. The average Bonchev–Trinajstić information content (AvgIpc) is 2.46. The smallest absolute Gasteiger partial charge is 0.161 e. The van der Waals surface area contributed by atoms with Crippen LogP contribution in [-0.2, 0) is 0 Å². The van der Waals surface area contributed by atoms with Gasteiger partial charge in [-0.2, -0.15) is 0 Å². The number of aliphatic hydroxyl groups excluding tert-OH is 1. The molecule has 0 saturated heterocycles. The first-order valence-electron chi connectivity index (χ1n) is 5.99. The van der Waals surface area contributed by atoms with Gasteiger partial charge in [-0.05, 0) is 30.2 Å². The molecule has 0 saturated carbocycles. The van der Waals surface area contributed by atoms with Gasteiger partial charge >= 0.3 is 0 Å². The van der Waals surface area contributed by atoms with E-state index in [1.807, 2.05) is 24.3 Å². The molecular weight excluding hydrogens is 228 g/mol. The lowest BCUT2D eigenvalue weighted by Gasteiger charge is -2.10. The molecule has 0 aliphatic rings. The van der Waals surface area contributed by atoms with Crippen molar-refractivity contribution in [2.75, 3.05) is 6.61 Å². The molecule has 1 aromatic heterocycles. The van der Waals surface area contributed by atoms with Gasteiger partial charge < -0.3 is 9.84 Å². The van der Waals surface area contributed by atoms with Gasteiger partial charge in [-0.3, -0.25) is 0 Å². The van der Waals surface area contributed by atoms with Crippen LogP contribution in [0, 0.1) is 0 Å². The second kappa shape index (κ2) is 6.12. The summed E-state index contributed by atoms with van der Waals surface area (Å²) in [5, 5.41) is 10.1. The van der Waals surface area contributed by atoms with Crippen molar-refractivity contribution < 1.29 is 9.84 Å². The topological polar surface area (TPSA) is 55.2 Å². The molecule has 94 valence electrons. The summed E-state index contributed by atoms with van der Waals surface area (Å²) in [5.41, 5.74) is 0.755. The van der Waals surface area contributed by atoms with E-state index in [0.717, 1.165) is 17.7 Å². The second-order valence-corrected chi connectivity index (χ2v) is 3.93. The standard InChI is InChI=1S/C14H16N2O2/c1-2-10-18-12-6-4-11(5-7-12)13(17)14-15-8-3-9-16-14/h3-9,13,17H,2,10H2,1H3. The van der Waals surface area contributed by atoms with Crippen LogP contribution in [0.3, 0.4) is 0 Å². The third-order valence-corrected chi connectivity index (χ3v) is 2.50.